The monoisotopic (exact) mass is 373 g/mol. The standard InChI is InChI=1S/C19H34N.BrH.H2O/c1-2-3-4-5-6-7-8-9-10-11-12-14-17-20-18-15-13-16-19-20;;/h13,15-16,18-19H,2-12,14,17H2,1H3;1H;1H2/q+1;;/p-1. The Hall–Kier alpha value is -0.410. The number of unbranched alkanes of at least 4 members (excludes halogenated alkanes) is 11. The quantitative estimate of drug-likeness (QED) is 0.373. The average Bonchev–Trinajstić information content (AvgIpc) is 2.49. The van der Waals surface area contributed by atoms with Crippen LogP contribution in [0.3, 0.4) is 0 Å². The molecule has 1 heterocycles. The number of nitrogens with zero attached hydrogens (tertiary/aromatic N) is 1. The summed E-state index contributed by atoms with van der Waals surface area (Å²) in [4.78, 5) is 0. The van der Waals surface area contributed by atoms with Gasteiger partial charge in [0, 0.05) is 18.6 Å². The van der Waals surface area contributed by atoms with Crippen molar-refractivity contribution >= 4 is 0 Å². The summed E-state index contributed by atoms with van der Waals surface area (Å²) in [6.07, 6.45) is 21.4. The van der Waals surface area contributed by atoms with Gasteiger partial charge in [0.25, 0.3) is 0 Å². The Labute approximate surface area is 148 Å². The molecule has 130 valence electrons. The van der Waals surface area contributed by atoms with Crippen LogP contribution in [-0.4, -0.2) is 5.48 Å². The third-order valence-corrected chi connectivity index (χ3v) is 4.05. The Kier molecular flexibility index (Phi) is 20.2. The minimum Gasteiger partial charge on any atom is -1.00 e. The largest absolute Gasteiger partial charge is 1.00 e. The number of hydrogen-bond donors (Lipinski definition) is 0. The molecule has 0 amide bonds. The van der Waals surface area contributed by atoms with E-state index in [1.54, 1.807) is 0 Å². The van der Waals surface area contributed by atoms with Crippen molar-refractivity contribution in [3.05, 3.63) is 30.6 Å². The van der Waals surface area contributed by atoms with E-state index in [2.05, 4.69) is 42.1 Å². The molecule has 0 atom stereocenters. The zero-order valence-electron chi connectivity index (χ0n) is 14.4. The third kappa shape index (κ3) is 14.5. The smallest absolute Gasteiger partial charge is 0.168 e. The van der Waals surface area contributed by atoms with Crippen molar-refractivity contribution in [3.8, 4) is 0 Å². The summed E-state index contributed by atoms with van der Waals surface area (Å²) in [5.41, 5.74) is 0. The summed E-state index contributed by atoms with van der Waals surface area (Å²) in [5.74, 6) is 0. The van der Waals surface area contributed by atoms with Crippen LogP contribution in [-0.2, 0) is 6.54 Å². The van der Waals surface area contributed by atoms with Crippen LogP contribution >= 0.6 is 0 Å². The molecular formula is C19H36BrNO. The van der Waals surface area contributed by atoms with Gasteiger partial charge in [-0.15, -0.1) is 0 Å². The van der Waals surface area contributed by atoms with Gasteiger partial charge in [0.2, 0.25) is 0 Å². The molecule has 0 spiro atoms. The first kappa shape index (κ1) is 23.9. The van der Waals surface area contributed by atoms with Crippen LogP contribution in [0.1, 0.15) is 84.0 Å². The van der Waals surface area contributed by atoms with Crippen LogP contribution in [0, 0.1) is 0 Å². The van der Waals surface area contributed by atoms with Crippen LogP contribution < -0.4 is 21.5 Å². The van der Waals surface area contributed by atoms with Crippen molar-refractivity contribution in [2.45, 2.75) is 90.5 Å². The number of aromatic nitrogens is 1. The number of rotatable bonds is 13. The third-order valence-electron chi connectivity index (χ3n) is 4.05. The van der Waals surface area contributed by atoms with Crippen molar-refractivity contribution in [2.24, 2.45) is 0 Å². The first-order valence-corrected chi connectivity index (χ1v) is 8.87. The Morgan fingerprint density at radius 3 is 1.45 bits per heavy atom. The molecule has 1 aromatic heterocycles. The Bertz CT molecular complexity index is 306. The summed E-state index contributed by atoms with van der Waals surface area (Å²) in [5, 5.41) is 0. The molecular weight excluding hydrogens is 338 g/mol. The second kappa shape index (κ2) is 18.6. The van der Waals surface area contributed by atoms with Crippen LogP contribution in [0.4, 0.5) is 0 Å². The fourth-order valence-electron chi connectivity index (χ4n) is 2.72. The van der Waals surface area contributed by atoms with Gasteiger partial charge >= 0.3 is 0 Å². The van der Waals surface area contributed by atoms with Gasteiger partial charge in [0.05, 0.1) is 0 Å². The molecule has 0 saturated heterocycles. The summed E-state index contributed by atoms with van der Waals surface area (Å²) in [7, 11) is 0. The molecule has 0 aromatic carbocycles. The maximum Gasteiger partial charge on any atom is 0.168 e. The minimum absolute atomic E-state index is 0. The van der Waals surface area contributed by atoms with E-state index in [1.165, 1.54) is 83.6 Å². The lowest BCUT2D eigenvalue weighted by atomic mass is 10.1. The number of pyridine rings is 1. The van der Waals surface area contributed by atoms with Gasteiger partial charge in [-0.05, 0) is 6.42 Å². The molecule has 0 aliphatic heterocycles. The zero-order valence-corrected chi connectivity index (χ0v) is 16.0. The number of aryl methyl sites for hydroxylation is 1. The zero-order chi connectivity index (χ0) is 14.3. The molecule has 0 fully saturated rings. The predicted molar refractivity (Wildman–Crippen MR) is 91.3 cm³/mol. The van der Waals surface area contributed by atoms with Crippen molar-refractivity contribution in [1.82, 2.24) is 0 Å². The van der Waals surface area contributed by atoms with Crippen molar-refractivity contribution < 1.29 is 27.0 Å². The van der Waals surface area contributed by atoms with E-state index < -0.39 is 0 Å². The molecule has 0 unspecified atom stereocenters. The van der Waals surface area contributed by atoms with Gasteiger partial charge in [-0.25, -0.2) is 4.57 Å². The molecule has 0 radical (unpaired) electrons. The molecule has 2 N–H and O–H groups in total. The first-order chi connectivity index (χ1) is 9.93. The van der Waals surface area contributed by atoms with Crippen LogP contribution in [0.15, 0.2) is 30.6 Å². The van der Waals surface area contributed by atoms with E-state index in [-0.39, 0.29) is 22.5 Å². The van der Waals surface area contributed by atoms with E-state index in [0.29, 0.717) is 0 Å². The lowest BCUT2D eigenvalue weighted by Gasteiger charge is -2.02. The lowest BCUT2D eigenvalue weighted by molar-refractivity contribution is -0.697. The highest BCUT2D eigenvalue weighted by Gasteiger charge is 1.97. The summed E-state index contributed by atoms with van der Waals surface area (Å²) in [6, 6.07) is 6.31. The van der Waals surface area contributed by atoms with E-state index in [9.17, 15) is 0 Å². The van der Waals surface area contributed by atoms with Crippen molar-refractivity contribution in [3.63, 3.8) is 0 Å². The topological polar surface area (TPSA) is 35.4 Å². The number of hydrogen-bond acceptors (Lipinski definition) is 0. The second-order valence-corrected chi connectivity index (χ2v) is 6.00. The molecule has 1 aromatic rings. The van der Waals surface area contributed by atoms with Crippen molar-refractivity contribution in [2.75, 3.05) is 0 Å². The summed E-state index contributed by atoms with van der Waals surface area (Å²) >= 11 is 0. The molecule has 1 rings (SSSR count). The highest BCUT2D eigenvalue weighted by atomic mass is 79.9. The van der Waals surface area contributed by atoms with E-state index in [0.717, 1.165) is 0 Å². The van der Waals surface area contributed by atoms with Gasteiger partial charge in [0.1, 0.15) is 6.54 Å². The average molecular weight is 374 g/mol. The molecule has 0 bridgehead atoms. The normalized spacial score (nSPS) is 9.86. The molecule has 0 aliphatic rings. The van der Waals surface area contributed by atoms with Gasteiger partial charge < -0.3 is 22.5 Å². The Morgan fingerprint density at radius 1 is 0.591 bits per heavy atom. The van der Waals surface area contributed by atoms with Crippen molar-refractivity contribution in [1.29, 1.82) is 0 Å². The van der Waals surface area contributed by atoms with E-state index in [1.807, 2.05) is 0 Å². The Balaban J connectivity index is 0. The van der Waals surface area contributed by atoms with Gasteiger partial charge in [-0.1, -0.05) is 77.2 Å². The van der Waals surface area contributed by atoms with Gasteiger partial charge in [-0.2, -0.15) is 0 Å². The molecule has 2 nitrogen and oxygen atoms in total. The Morgan fingerprint density at radius 2 is 1.00 bits per heavy atom. The molecule has 0 aliphatic carbocycles. The van der Waals surface area contributed by atoms with Crippen LogP contribution in [0.25, 0.3) is 0 Å². The molecule has 0 saturated carbocycles. The van der Waals surface area contributed by atoms with E-state index >= 15 is 0 Å². The highest BCUT2D eigenvalue weighted by Crippen LogP contribution is 2.11. The first-order valence-electron chi connectivity index (χ1n) is 8.87. The highest BCUT2D eigenvalue weighted by molar-refractivity contribution is 4.83. The second-order valence-electron chi connectivity index (χ2n) is 6.00. The lowest BCUT2D eigenvalue weighted by Crippen LogP contribution is -3.00. The van der Waals surface area contributed by atoms with Gasteiger partial charge in [-0.3, -0.25) is 0 Å². The maximum atomic E-state index is 2.29. The number of halogens is 1. The van der Waals surface area contributed by atoms with E-state index in [4.69, 9.17) is 0 Å². The van der Waals surface area contributed by atoms with Crippen LogP contribution in [0.2, 0.25) is 0 Å². The maximum absolute atomic E-state index is 2.29. The fraction of sp³-hybridized carbons (Fsp3) is 0.737. The molecule has 3 heteroatoms. The summed E-state index contributed by atoms with van der Waals surface area (Å²) < 4.78 is 2.29. The predicted octanol–water partition coefficient (Wildman–Crippen LogP) is 1.85. The van der Waals surface area contributed by atoms with Crippen LogP contribution in [0.5, 0.6) is 0 Å². The SMILES string of the molecule is CCCCCCCCCCCCCC[n+]1ccccc1.O.[Br-]. The fourth-order valence-corrected chi connectivity index (χ4v) is 2.72. The minimum atomic E-state index is 0. The summed E-state index contributed by atoms with van der Waals surface area (Å²) in [6.45, 7) is 3.47. The van der Waals surface area contributed by atoms with Gasteiger partial charge in [0.15, 0.2) is 12.4 Å². The molecule has 22 heavy (non-hydrogen) atoms.